The van der Waals surface area contributed by atoms with Gasteiger partial charge in [0.25, 0.3) is 0 Å². The minimum atomic E-state index is -1.03. The summed E-state index contributed by atoms with van der Waals surface area (Å²) in [7, 11) is 0. The van der Waals surface area contributed by atoms with Gasteiger partial charge >= 0.3 is 47.8 Å². The fourth-order valence-electron chi connectivity index (χ4n) is 15.1. The van der Waals surface area contributed by atoms with Crippen molar-refractivity contribution in [1.29, 1.82) is 0 Å². The van der Waals surface area contributed by atoms with Crippen LogP contribution < -0.4 is 56.8 Å². The first kappa shape index (κ1) is 105. The normalized spacial score (nSPS) is 11.0. The number of unbranched alkanes of at least 4 members (excludes halogenated alkanes) is 35. The number of carbonyl (C=O) groups excluding carboxylic acids is 8. The van der Waals surface area contributed by atoms with E-state index < -0.39 is 82.2 Å². The third kappa shape index (κ3) is 38.0. The molecule has 0 bridgehead atoms. The Labute approximate surface area is 795 Å². The zero-order chi connectivity index (χ0) is 96.1. The van der Waals surface area contributed by atoms with Crippen LogP contribution in [0.2, 0.25) is 0 Å². The maximum atomic E-state index is 15.3. The Hall–Kier alpha value is -13.1. The summed E-state index contributed by atoms with van der Waals surface area (Å²) in [6, 6.07) is 49.2. The second kappa shape index (κ2) is 59.6. The lowest BCUT2D eigenvalue weighted by Crippen LogP contribution is -2.12. The van der Waals surface area contributed by atoms with Crippen LogP contribution in [0, 0.1) is 23.3 Å². The van der Waals surface area contributed by atoms with Gasteiger partial charge in [-0.25, -0.2) is 55.9 Å². The molecule has 0 heterocycles. The predicted octanol–water partition coefficient (Wildman–Crippen LogP) is 29.1. The van der Waals surface area contributed by atoms with E-state index in [2.05, 4.69) is 13.8 Å². The van der Waals surface area contributed by atoms with E-state index in [0.717, 1.165) is 139 Å². The summed E-state index contributed by atoms with van der Waals surface area (Å²) in [5, 5.41) is 0. The first-order valence-electron chi connectivity index (χ1n) is 48.4. The number of esters is 8. The maximum absolute atomic E-state index is 15.3. The molecule has 0 aliphatic carbocycles. The van der Waals surface area contributed by atoms with E-state index in [1.54, 1.807) is 48.5 Å². The molecule has 0 aliphatic heterocycles. The van der Waals surface area contributed by atoms with Gasteiger partial charge in [0.15, 0.2) is 23.1 Å². The van der Waals surface area contributed by atoms with E-state index in [1.807, 2.05) is 0 Å². The second-order valence-corrected chi connectivity index (χ2v) is 33.9. The smallest absolute Gasteiger partial charge is 0.346 e. The molecular weight excluding hydrogens is 1740 g/mol. The van der Waals surface area contributed by atoms with E-state index in [9.17, 15) is 47.1 Å². The standard InChI is InChI=1S/C112H126F4O20/c1-3-5-7-9-11-13-15-17-19-21-27-31-35-39-75-127-103-71-49-85(77-101(103)115)109(121)131-89-55-45-83(46-56-89)105(117)129-91-59-63-93(64-60-91)133-111(123)97-69-67-95(79-99(97)113)135-107(119)81-41-51-87(52-42-81)125-73-37-33-29-25-23-24-26-30-34-38-74-126-88-53-43-82(44-54-88)108(120)136-96-68-70-98(100(114)80-96)112(124)134-94-65-61-92(62-66-94)130-106(118)84-47-57-90(58-48-84)132-110(122)86-50-72-104(102(116)78-86)128-76-40-36-32-28-22-20-18-16-14-12-10-8-6-4-2/h41-72,77-80H,3-40,73-76H2,1-2H3. The van der Waals surface area contributed by atoms with Gasteiger partial charge in [0.05, 0.1) is 70.9 Å². The van der Waals surface area contributed by atoms with Crippen molar-refractivity contribution in [2.45, 2.75) is 258 Å². The highest BCUT2D eigenvalue weighted by atomic mass is 19.1. The van der Waals surface area contributed by atoms with E-state index in [-0.39, 0.29) is 90.9 Å². The molecule has 136 heavy (non-hydrogen) atoms. The van der Waals surface area contributed by atoms with Crippen molar-refractivity contribution in [2.75, 3.05) is 26.4 Å². The Morgan fingerprint density at radius 1 is 0.176 bits per heavy atom. The number of carbonyl (C=O) groups is 8. The Morgan fingerprint density at radius 3 is 0.596 bits per heavy atom. The molecule has 20 nitrogen and oxygen atoms in total. The highest BCUT2D eigenvalue weighted by molar-refractivity contribution is 5.96. The molecule has 0 fully saturated rings. The first-order valence-corrected chi connectivity index (χ1v) is 48.4. The lowest BCUT2D eigenvalue weighted by Gasteiger charge is -2.10. The lowest BCUT2D eigenvalue weighted by molar-refractivity contribution is 0.0712. The van der Waals surface area contributed by atoms with Crippen molar-refractivity contribution < 1.29 is 113 Å². The molecule has 0 saturated heterocycles. The van der Waals surface area contributed by atoms with Gasteiger partial charge in [-0.3, -0.25) is 0 Å². The van der Waals surface area contributed by atoms with Crippen LogP contribution in [0.3, 0.4) is 0 Å². The molecule has 0 spiro atoms. The van der Waals surface area contributed by atoms with Crippen molar-refractivity contribution in [3.63, 3.8) is 0 Å². The molecule has 0 aliphatic rings. The molecule has 722 valence electrons. The SMILES string of the molecule is CCCCCCCCCCCCCCCCOc1ccc(C(=O)Oc2ccc(C(=O)Oc3ccc(OC(=O)c4ccc(OC(=O)c5ccc(OCCCCCCCCCCCCOc6ccc(C(=O)Oc7ccc(C(=O)Oc8ccc(OC(=O)c9ccc(OC(=O)c%10ccc(OCCCCCCCCCCCCCCCC)c(F)c%10)cc9)cc8)c(F)c7)cc6)cc5)cc4F)cc3)cc2)cc1F. The fourth-order valence-corrected chi connectivity index (χ4v) is 15.1. The summed E-state index contributed by atoms with van der Waals surface area (Å²) in [5.74, 6) is -8.54. The van der Waals surface area contributed by atoms with Crippen LogP contribution in [0.4, 0.5) is 17.6 Å². The fraction of sp³-hybridized carbons (Fsp3) is 0.393. The summed E-state index contributed by atoms with van der Waals surface area (Å²) < 4.78 is 127. The average molecular weight is 1870 g/mol. The zero-order valence-electron chi connectivity index (χ0n) is 78.2. The lowest BCUT2D eigenvalue weighted by atomic mass is 10.0. The molecule has 0 atom stereocenters. The summed E-state index contributed by atoms with van der Waals surface area (Å²) in [6.07, 6.45) is 44.9. The molecule has 0 aromatic heterocycles. The van der Waals surface area contributed by atoms with Gasteiger partial charge in [-0.1, -0.05) is 232 Å². The Bertz CT molecular complexity index is 5020. The second-order valence-electron chi connectivity index (χ2n) is 33.9. The van der Waals surface area contributed by atoms with Gasteiger partial charge in [0.1, 0.15) is 69.1 Å². The molecule has 10 rings (SSSR count). The van der Waals surface area contributed by atoms with Crippen LogP contribution in [0.15, 0.2) is 218 Å². The molecule has 0 N–H and O–H groups in total. The summed E-state index contributed by atoms with van der Waals surface area (Å²) in [4.78, 5) is 104. The van der Waals surface area contributed by atoms with Gasteiger partial charge < -0.3 is 56.8 Å². The number of hydrogen-bond donors (Lipinski definition) is 0. The van der Waals surface area contributed by atoms with Gasteiger partial charge in [-0.05, 0) is 232 Å². The highest BCUT2D eigenvalue weighted by Crippen LogP contribution is 2.31. The number of halogens is 4. The van der Waals surface area contributed by atoms with Crippen LogP contribution in [0.1, 0.15) is 341 Å². The molecule has 10 aromatic carbocycles. The van der Waals surface area contributed by atoms with Gasteiger partial charge in [-0.15, -0.1) is 0 Å². The van der Waals surface area contributed by atoms with Crippen molar-refractivity contribution in [3.8, 4) is 69.0 Å². The summed E-state index contributed by atoms with van der Waals surface area (Å²) in [6.45, 7) is 6.23. The molecule has 0 saturated carbocycles. The first-order chi connectivity index (χ1) is 66.3. The number of rotatable bonds is 63. The number of benzene rings is 10. The third-order valence-electron chi connectivity index (χ3n) is 22.9. The van der Waals surface area contributed by atoms with Crippen LogP contribution in [0.25, 0.3) is 0 Å². The molecule has 0 amide bonds. The highest BCUT2D eigenvalue weighted by Gasteiger charge is 2.23. The number of hydrogen-bond acceptors (Lipinski definition) is 20. The topological polar surface area (TPSA) is 247 Å². The average Bonchev–Trinajstić information content (AvgIpc) is 0.826. The van der Waals surface area contributed by atoms with Gasteiger partial charge in [-0.2, -0.15) is 0 Å². The third-order valence-corrected chi connectivity index (χ3v) is 22.9. The Morgan fingerprint density at radius 2 is 0.360 bits per heavy atom. The summed E-state index contributed by atoms with van der Waals surface area (Å²) in [5.41, 5.74) is -0.238. The van der Waals surface area contributed by atoms with Crippen molar-refractivity contribution in [2.24, 2.45) is 0 Å². The maximum Gasteiger partial charge on any atom is 0.346 e. The van der Waals surface area contributed by atoms with Crippen LogP contribution in [-0.4, -0.2) is 74.2 Å². The quantitative estimate of drug-likeness (QED) is 0.0149. The van der Waals surface area contributed by atoms with E-state index in [0.29, 0.717) is 37.9 Å². The van der Waals surface area contributed by atoms with Crippen molar-refractivity contribution in [3.05, 3.63) is 286 Å². The Balaban J connectivity index is 0.510. The van der Waals surface area contributed by atoms with E-state index >= 15 is 8.78 Å². The van der Waals surface area contributed by atoms with Crippen LogP contribution in [0.5, 0.6) is 69.0 Å². The van der Waals surface area contributed by atoms with E-state index in [4.69, 9.17) is 56.8 Å². The van der Waals surface area contributed by atoms with Crippen LogP contribution in [-0.2, 0) is 0 Å². The summed E-state index contributed by atoms with van der Waals surface area (Å²) >= 11 is 0. The van der Waals surface area contributed by atoms with Gasteiger partial charge in [0, 0.05) is 12.1 Å². The predicted molar refractivity (Wildman–Crippen MR) is 513 cm³/mol. The van der Waals surface area contributed by atoms with Gasteiger partial charge in [0.2, 0.25) is 0 Å². The largest absolute Gasteiger partial charge is 0.494 e. The zero-order valence-corrected chi connectivity index (χ0v) is 78.2. The van der Waals surface area contributed by atoms with Crippen molar-refractivity contribution >= 4 is 47.8 Å². The monoisotopic (exact) mass is 1870 g/mol. The molecule has 0 unspecified atom stereocenters. The van der Waals surface area contributed by atoms with Crippen molar-refractivity contribution in [1.82, 2.24) is 0 Å². The van der Waals surface area contributed by atoms with Crippen LogP contribution >= 0.6 is 0 Å². The Kier molecular flexibility index (Phi) is 46.0. The van der Waals surface area contributed by atoms with E-state index in [1.165, 1.54) is 275 Å². The number of ether oxygens (including phenoxy) is 12. The molecular formula is C112H126F4O20. The molecule has 0 radical (unpaired) electrons. The molecule has 10 aromatic rings. The minimum absolute atomic E-state index is 0.0145. The minimum Gasteiger partial charge on any atom is -0.494 e. The molecule has 24 heteroatoms.